The molecule has 0 aromatic rings. The molecule has 1 saturated carbocycles. The summed E-state index contributed by atoms with van der Waals surface area (Å²) in [4.78, 5) is 24.8. The highest BCUT2D eigenvalue weighted by molar-refractivity contribution is 6.16. The van der Waals surface area contributed by atoms with Gasteiger partial charge in [0.15, 0.2) is 0 Å². The fourth-order valence-corrected chi connectivity index (χ4v) is 2.55. The maximum atomic E-state index is 11.8. The second-order valence-electron chi connectivity index (χ2n) is 4.33. The largest absolute Gasteiger partial charge is 0.330 e. The molecule has 0 aromatic carbocycles. The lowest BCUT2D eigenvalue weighted by Gasteiger charge is -2.27. The normalized spacial score (nSPS) is 31.3. The van der Waals surface area contributed by atoms with Gasteiger partial charge in [0.25, 0.3) is 11.8 Å². The number of carbonyl (C=O) groups excluding carboxylic acids is 2. The van der Waals surface area contributed by atoms with E-state index in [-0.39, 0.29) is 23.8 Å². The van der Waals surface area contributed by atoms with Gasteiger partial charge in [-0.1, -0.05) is 6.42 Å². The van der Waals surface area contributed by atoms with Gasteiger partial charge in [-0.05, 0) is 32.2 Å². The number of imide groups is 1. The van der Waals surface area contributed by atoms with Crippen LogP contribution in [0, 0.1) is 5.92 Å². The van der Waals surface area contributed by atoms with Gasteiger partial charge in [0.05, 0.1) is 0 Å². The fourth-order valence-electron chi connectivity index (χ4n) is 2.55. The van der Waals surface area contributed by atoms with E-state index in [4.69, 9.17) is 5.73 Å². The Morgan fingerprint density at radius 1 is 1.47 bits per heavy atom. The molecule has 0 spiro atoms. The maximum Gasteiger partial charge on any atom is 0.256 e. The second kappa shape index (κ2) is 3.77. The van der Waals surface area contributed by atoms with E-state index >= 15 is 0 Å². The van der Waals surface area contributed by atoms with Gasteiger partial charge in [0, 0.05) is 17.7 Å². The number of carbonyl (C=O) groups is 2. The highest BCUT2D eigenvalue weighted by atomic mass is 16.2. The molecule has 1 fully saturated rings. The van der Waals surface area contributed by atoms with E-state index in [0.717, 1.165) is 19.3 Å². The quantitative estimate of drug-likeness (QED) is 0.669. The van der Waals surface area contributed by atoms with Crippen LogP contribution >= 0.6 is 0 Å². The number of amides is 2. The minimum atomic E-state index is -0.164. The molecule has 1 aliphatic heterocycles. The molecular weight excluding hydrogens is 192 g/mol. The van der Waals surface area contributed by atoms with Crippen LogP contribution in [0.1, 0.15) is 26.2 Å². The third-order valence-electron chi connectivity index (χ3n) is 3.39. The number of hydrogen-bond donors (Lipinski definition) is 1. The van der Waals surface area contributed by atoms with Crippen molar-refractivity contribution in [2.45, 2.75) is 32.2 Å². The molecule has 0 saturated heterocycles. The summed E-state index contributed by atoms with van der Waals surface area (Å²) in [5.41, 5.74) is 6.20. The molecule has 2 rings (SSSR count). The van der Waals surface area contributed by atoms with Gasteiger partial charge in [-0.2, -0.15) is 0 Å². The fraction of sp³-hybridized carbons (Fsp3) is 0.636. The zero-order valence-electron chi connectivity index (χ0n) is 8.90. The van der Waals surface area contributed by atoms with Crippen LogP contribution in [0.3, 0.4) is 0 Å². The first-order valence-corrected chi connectivity index (χ1v) is 5.41. The molecule has 4 nitrogen and oxygen atoms in total. The smallest absolute Gasteiger partial charge is 0.256 e. The van der Waals surface area contributed by atoms with Gasteiger partial charge < -0.3 is 5.73 Å². The zero-order chi connectivity index (χ0) is 11.0. The molecule has 2 N–H and O–H groups in total. The number of rotatable bonds is 2. The zero-order valence-corrected chi connectivity index (χ0v) is 8.90. The molecule has 1 heterocycles. The third kappa shape index (κ3) is 1.59. The maximum absolute atomic E-state index is 11.8. The van der Waals surface area contributed by atoms with Crippen LogP contribution in [-0.4, -0.2) is 29.3 Å². The topological polar surface area (TPSA) is 63.4 Å². The molecule has 2 amide bonds. The van der Waals surface area contributed by atoms with Crippen LogP contribution in [0.15, 0.2) is 11.6 Å². The van der Waals surface area contributed by atoms with Crippen molar-refractivity contribution < 1.29 is 9.59 Å². The summed E-state index contributed by atoms with van der Waals surface area (Å²) in [5.74, 6) is -0.00889. The first-order chi connectivity index (χ1) is 7.15. The molecule has 2 unspecified atom stereocenters. The van der Waals surface area contributed by atoms with Crippen LogP contribution in [0.4, 0.5) is 0 Å². The first-order valence-electron chi connectivity index (χ1n) is 5.41. The Labute approximate surface area is 89.1 Å². The Kier molecular flexibility index (Phi) is 2.61. The van der Waals surface area contributed by atoms with Gasteiger partial charge in [-0.15, -0.1) is 0 Å². The van der Waals surface area contributed by atoms with Gasteiger partial charge >= 0.3 is 0 Å². The Bertz CT molecular complexity index is 335. The molecule has 0 aromatic heterocycles. The van der Waals surface area contributed by atoms with Gasteiger partial charge in [0.2, 0.25) is 0 Å². The Morgan fingerprint density at radius 2 is 2.20 bits per heavy atom. The highest BCUT2D eigenvalue weighted by Gasteiger charge is 2.40. The molecular formula is C11H16N2O2. The SMILES string of the molecule is CC1=CC(=O)N(C2CCCC2CN)C1=O. The van der Waals surface area contributed by atoms with Crippen LogP contribution in [0.2, 0.25) is 0 Å². The van der Waals surface area contributed by atoms with E-state index < -0.39 is 0 Å². The van der Waals surface area contributed by atoms with Crippen LogP contribution < -0.4 is 5.73 Å². The van der Waals surface area contributed by atoms with Crippen molar-refractivity contribution in [2.75, 3.05) is 6.54 Å². The lowest BCUT2D eigenvalue weighted by Crippen LogP contribution is -2.44. The molecule has 2 atom stereocenters. The minimum Gasteiger partial charge on any atom is -0.330 e. The van der Waals surface area contributed by atoms with E-state index in [1.54, 1.807) is 6.92 Å². The first kappa shape index (κ1) is 10.4. The predicted molar refractivity (Wildman–Crippen MR) is 55.8 cm³/mol. The van der Waals surface area contributed by atoms with Crippen LogP contribution in [-0.2, 0) is 9.59 Å². The number of nitrogens with zero attached hydrogens (tertiary/aromatic N) is 1. The number of nitrogens with two attached hydrogens (primary N) is 1. The third-order valence-corrected chi connectivity index (χ3v) is 3.39. The summed E-state index contributed by atoms with van der Waals surface area (Å²) in [6.45, 7) is 2.24. The second-order valence-corrected chi connectivity index (χ2v) is 4.33. The summed E-state index contributed by atoms with van der Waals surface area (Å²) in [5, 5.41) is 0. The Hall–Kier alpha value is -1.16. The molecule has 82 valence electrons. The average molecular weight is 208 g/mol. The summed E-state index contributed by atoms with van der Waals surface area (Å²) in [6, 6.07) is 0.0312. The summed E-state index contributed by atoms with van der Waals surface area (Å²) in [6.07, 6.45) is 4.41. The number of hydrogen-bond acceptors (Lipinski definition) is 3. The van der Waals surface area contributed by atoms with Crippen molar-refractivity contribution in [2.24, 2.45) is 11.7 Å². The van der Waals surface area contributed by atoms with E-state index in [1.807, 2.05) is 0 Å². The van der Waals surface area contributed by atoms with Gasteiger partial charge in [-0.25, -0.2) is 0 Å². The lowest BCUT2D eigenvalue weighted by molar-refractivity contribution is -0.140. The minimum absolute atomic E-state index is 0.0312. The van der Waals surface area contributed by atoms with Crippen LogP contribution in [0.25, 0.3) is 0 Å². The molecule has 2 aliphatic rings. The highest BCUT2D eigenvalue weighted by Crippen LogP contribution is 2.32. The average Bonchev–Trinajstić information content (AvgIpc) is 2.73. The van der Waals surface area contributed by atoms with Crippen molar-refractivity contribution in [3.8, 4) is 0 Å². The lowest BCUT2D eigenvalue weighted by atomic mass is 10.0. The van der Waals surface area contributed by atoms with Crippen molar-refractivity contribution in [3.05, 3.63) is 11.6 Å². The van der Waals surface area contributed by atoms with E-state index in [1.165, 1.54) is 11.0 Å². The van der Waals surface area contributed by atoms with Crippen LogP contribution in [0.5, 0.6) is 0 Å². The molecule has 15 heavy (non-hydrogen) atoms. The molecule has 0 bridgehead atoms. The Morgan fingerprint density at radius 3 is 2.73 bits per heavy atom. The summed E-state index contributed by atoms with van der Waals surface area (Å²) >= 11 is 0. The standard InChI is InChI=1S/C11H16N2O2/c1-7-5-10(14)13(11(7)15)9-4-2-3-8(9)6-12/h5,8-9H,2-4,6,12H2,1H3. The van der Waals surface area contributed by atoms with Crippen molar-refractivity contribution >= 4 is 11.8 Å². The predicted octanol–water partition coefficient (Wildman–Crippen LogP) is 0.429. The van der Waals surface area contributed by atoms with Crippen molar-refractivity contribution in [3.63, 3.8) is 0 Å². The van der Waals surface area contributed by atoms with Gasteiger partial charge in [0.1, 0.15) is 0 Å². The monoisotopic (exact) mass is 208 g/mol. The molecule has 1 aliphatic carbocycles. The molecule has 0 radical (unpaired) electrons. The van der Waals surface area contributed by atoms with Gasteiger partial charge in [-0.3, -0.25) is 14.5 Å². The summed E-state index contributed by atoms with van der Waals surface area (Å²) < 4.78 is 0. The Balaban J connectivity index is 2.18. The molecule has 4 heteroatoms. The summed E-state index contributed by atoms with van der Waals surface area (Å²) in [7, 11) is 0. The van der Waals surface area contributed by atoms with Crippen molar-refractivity contribution in [1.82, 2.24) is 4.90 Å². The van der Waals surface area contributed by atoms with E-state index in [9.17, 15) is 9.59 Å². The van der Waals surface area contributed by atoms with E-state index in [0.29, 0.717) is 12.1 Å². The van der Waals surface area contributed by atoms with E-state index in [2.05, 4.69) is 0 Å². The van der Waals surface area contributed by atoms with Crippen molar-refractivity contribution in [1.29, 1.82) is 0 Å².